The Bertz CT molecular complexity index is 472. The lowest BCUT2D eigenvalue weighted by atomic mass is 10.3. The molecule has 1 aromatic heterocycles. The summed E-state index contributed by atoms with van der Waals surface area (Å²) < 4.78 is 0. The Morgan fingerprint density at radius 1 is 1.56 bits per heavy atom. The fourth-order valence-corrected chi connectivity index (χ4v) is 1.55. The zero-order chi connectivity index (χ0) is 11.5. The van der Waals surface area contributed by atoms with Gasteiger partial charge in [0.1, 0.15) is 5.82 Å². The molecule has 5 heteroatoms. The molecule has 1 atom stereocenters. The Hall–Kier alpha value is -1.88. The molecule has 1 amide bonds. The van der Waals surface area contributed by atoms with Crippen LogP contribution in [-0.2, 0) is 4.79 Å². The fraction of sp³-hybridized carbons (Fsp3) is 0.273. The van der Waals surface area contributed by atoms with Gasteiger partial charge in [0.15, 0.2) is 0 Å². The molecule has 1 heterocycles. The van der Waals surface area contributed by atoms with E-state index in [4.69, 9.17) is 5.73 Å². The van der Waals surface area contributed by atoms with Crippen molar-refractivity contribution < 1.29 is 4.79 Å². The lowest BCUT2D eigenvalue weighted by Gasteiger charge is -2.09. The van der Waals surface area contributed by atoms with E-state index in [0.29, 0.717) is 0 Å². The SMILES string of the molecule is CC(NC(=O)CN)c1nc2ccccc2[nH]1. The summed E-state index contributed by atoms with van der Waals surface area (Å²) >= 11 is 0. The molecule has 0 bridgehead atoms. The number of aromatic amines is 1. The number of nitrogens with zero attached hydrogens (tertiary/aromatic N) is 1. The third-order valence-electron chi connectivity index (χ3n) is 2.38. The predicted octanol–water partition coefficient (Wildman–Crippen LogP) is 0.699. The van der Waals surface area contributed by atoms with E-state index < -0.39 is 0 Å². The number of hydrogen-bond donors (Lipinski definition) is 3. The van der Waals surface area contributed by atoms with Gasteiger partial charge in [-0.25, -0.2) is 4.98 Å². The van der Waals surface area contributed by atoms with Crippen LogP contribution in [0.25, 0.3) is 11.0 Å². The van der Waals surface area contributed by atoms with Crippen LogP contribution < -0.4 is 11.1 Å². The molecule has 0 saturated carbocycles. The number of benzene rings is 1. The third-order valence-corrected chi connectivity index (χ3v) is 2.38. The second-order valence-corrected chi connectivity index (χ2v) is 3.63. The number of aromatic nitrogens is 2. The number of hydrogen-bond acceptors (Lipinski definition) is 3. The highest BCUT2D eigenvalue weighted by Crippen LogP contribution is 2.15. The van der Waals surface area contributed by atoms with Crippen LogP contribution in [0.5, 0.6) is 0 Å². The molecule has 0 saturated heterocycles. The quantitative estimate of drug-likeness (QED) is 0.709. The number of fused-ring (bicyclic) bond motifs is 1. The fourth-order valence-electron chi connectivity index (χ4n) is 1.55. The van der Waals surface area contributed by atoms with Crippen LogP contribution in [0.4, 0.5) is 0 Å². The van der Waals surface area contributed by atoms with Gasteiger partial charge in [0.05, 0.1) is 23.6 Å². The van der Waals surface area contributed by atoms with Crippen molar-refractivity contribution in [3.63, 3.8) is 0 Å². The molecule has 2 rings (SSSR count). The minimum atomic E-state index is -0.187. The highest BCUT2D eigenvalue weighted by Gasteiger charge is 2.12. The molecule has 5 nitrogen and oxygen atoms in total. The lowest BCUT2D eigenvalue weighted by molar-refractivity contribution is -0.120. The smallest absolute Gasteiger partial charge is 0.234 e. The van der Waals surface area contributed by atoms with Crippen molar-refractivity contribution in [1.29, 1.82) is 0 Å². The van der Waals surface area contributed by atoms with E-state index in [0.717, 1.165) is 16.9 Å². The highest BCUT2D eigenvalue weighted by molar-refractivity contribution is 5.78. The second-order valence-electron chi connectivity index (χ2n) is 3.63. The van der Waals surface area contributed by atoms with E-state index >= 15 is 0 Å². The van der Waals surface area contributed by atoms with Gasteiger partial charge in [-0.2, -0.15) is 0 Å². The molecule has 0 aliphatic rings. The van der Waals surface area contributed by atoms with Gasteiger partial charge in [0.2, 0.25) is 5.91 Å². The average molecular weight is 218 g/mol. The molecule has 1 aromatic carbocycles. The maximum atomic E-state index is 11.1. The summed E-state index contributed by atoms with van der Waals surface area (Å²) in [5, 5.41) is 2.75. The standard InChI is InChI=1S/C11H14N4O/c1-7(13-10(16)6-12)11-14-8-4-2-3-5-9(8)15-11/h2-5,7H,6,12H2,1H3,(H,13,16)(H,14,15). The highest BCUT2D eigenvalue weighted by atomic mass is 16.1. The van der Waals surface area contributed by atoms with Gasteiger partial charge in [-0.1, -0.05) is 12.1 Å². The zero-order valence-electron chi connectivity index (χ0n) is 9.03. The summed E-state index contributed by atoms with van der Waals surface area (Å²) in [7, 11) is 0. The largest absolute Gasteiger partial charge is 0.345 e. The number of rotatable bonds is 3. The number of nitrogens with two attached hydrogens (primary N) is 1. The van der Waals surface area contributed by atoms with E-state index in [1.807, 2.05) is 31.2 Å². The van der Waals surface area contributed by atoms with Crippen LogP contribution in [0.15, 0.2) is 24.3 Å². The van der Waals surface area contributed by atoms with Crippen LogP contribution in [0, 0.1) is 0 Å². The maximum absolute atomic E-state index is 11.1. The molecular formula is C11H14N4O. The van der Waals surface area contributed by atoms with Gasteiger partial charge in [-0.3, -0.25) is 4.79 Å². The number of H-pyrrole nitrogens is 1. The van der Waals surface area contributed by atoms with Crippen molar-refractivity contribution in [2.24, 2.45) is 5.73 Å². The first-order chi connectivity index (χ1) is 7.70. The molecule has 2 aromatic rings. The molecule has 0 aliphatic carbocycles. The minimum Gasteiger partial charge on any atom is -0.345 e. The molecule has 0 fully saturated rings. The predicted molar refractivity (Wildman–Crippen MR) is 61.7 cm³/mol. The van der Waals surface area contributed by atoms with Crippen LogP contribution in [0.1, 0.15) is 18.8 Å². The third kappa shape index (κ3) is 2.04. The second kappa shape index (κ2) is 4.32. The molecule has 0 spiro atoms. The zero-order valence-corrected chi connectivity index (χ0v) is 9.03. The van der Waals surface area contributed by atoms with Gasteiger partial charge in [-0.05, 0) is 19.1 Å². The number of carbonyl (C=O) groups is 1. The summed E-state index contributed by atoms with van der Waals surface area (Å²) in [6.07, 6.45) is 0. The van der Waals surface area contributed by atoms with Gasteiger partial charge >= 0.3 is 0 Å². The Labute approximate surface area is 93.1 Å². The normalized spacial score (nSPS) is 12.6. The number of para-hydroxylation sites is 2. The number of imidazole rings is 1. The summed E-state index contributed by atoms with van der Waals surface area (Å²) in [6, 6.07) is 7.57. The minimum absolute atomic E-state index is 0.00936. The van der Waals surface area contributed by atoms with Crippen molar-refractivity contribution in [3.8, 4) is 0 Å². The van der Waals surface area contributed by atoms with Crippen molar-refractivity contribution in [2.45, 2.75) is 13.0 Å². The summed E-state index contributed by atoms with van der Waals surface area (Å²) in [4.78, 5) is 18.7. The number of carbonyl (C=O) groups excluding carboxylic acids is 1. The first-order valence-electron chi connectivity index (χ1n) is 5.15. The molecule has 0 aliphatic heterocycles. The van der Waals surface area contributed by atoms with Gasteiger partial charge < -0.3 is 16.0 Å². The Kier molecular flexibility index (Phi) is 2.87. The van der Waals surface area contributed by atoms with Crippen molar-refractivity contribution in [3.05, 3.63) is 30.1 Å². The molecule has 4 N–H and O–H groups in total. The summed E-state index contributed by atoms with van der Waals surface area (Å²) in [5.74, 6) is 0.552. The van der Waals surface area contributed by atoms with E-state index in [9.17, 15) is 4.79 Å². The van der Waals surface area contributed by atoms with Gasteiger partial charge in [-0.15, -0.1) is 0 Å². The van der Waals surface area contributed by atoms with E-state index in [1.54, 1.807) is 0 Å². The Morgan fingerprint density at radius 3 is 3.00 bits per heavy atom. The van der Waals surface area contributed by atoms with E-state index in [2.05, 4.69) is 15.3 Å². The van der Waals surface area contributed by atoms with Gasteiger partial charge in [0, 0.05) is 0 Å². The Balaban J connectivity index is 2.23. The summed E-state index contributed by atoms with van der Waals surface area (Å²) in [5.41, 5.74) is 7.09. The molecule has 1 unspecified atom stereocenters. The van der Waals surface area contributed by atoms with Gasteiger partial charge in [0.25, 0.3) is 0 Å². The number of nitrogens with one attached hydrogen (secondary N) is 2. The van der Waals surface area contributed by atoms with Crippen LogP contribution in [-0.4, -0.2) is 22.4 Å². The number of amides is 1. The van der Waals surface area contributed by atoms with Crippen LogP contribution in [0.2, 0.25) is 0 Å². The van der Waals surface area contributed by atoms with Crippen molar-refractivity contribution in [1.82, 2.24) is 15.3 Å². The summed E-state index contributed by atoms with van der Waals surface area (Å²) in [6.45, 7) is 1.86. The topological polar surface area (TPSA) is 83.8 Å². The Morgan fingerprint density at radius 2 is 2.31 bits per heavy atom. The molecule has 0 radical (unpaired) electrons. The lowest BCUT2D eigenvalue weighted by Crippen LogP contribution is -2.32. The monoisotopic (exact) mass is 218 g/mol. The van der Waals surface area contributed by atoms with E-state index in [-0.39, 0.29) is 18.5 Å². The van der Waals surface area contributed by atoms with Crippen LogP contribution in [0.3, 0.4) is 0 Å². The van der Waals surface area contributed by atoms with Crippen molar-refractivity contribution >= 4 is 16.9 Å². The van der Waals surface area contributed by atoms with Crippen molar-refractivity contribution in [2.75, 3.05) is 6.54 Å². The van der Waals surface area contributed by atoms with Crippen LogP contribution >= 0.6 is 0 Å². The first-order valence-corrected chi connectivity index (χ1v) is 5.15. The van der Waals surface area contributed by atoms with E-state index in [1.165, 1.54) is 0 Å². The first kappa shape index (κ1) is 10.6. The molecule has 16 heavy (non-hydrogen) atoms. The maximum Gasteiger partial charge on any atom is 0.234 e. The molecular weight excluding hydrogens is 204 g/mol. The molecule has 84 valence electrons. The average Bonchev–Trinajstić information content (AvgIpc) is 2.72.